The van der Waals surface area contributed by atoms with Gasteiger partial charge in [0.2, 0.25) is 21.1 Å². The summed E-state index contributed by atoms with van der Waals surface area (Å²) in [6.45, 7) is 2.19. The molecule has 1 aliphatic heterocycles. The summed E-state index contributed by atoms with van der Waals surface area (Å²) < 4.78 is 28.1. The van der Waals surface area contributed by atoms with Crippen LogP contribution in [0.1, 0.15) is 29.5 Å². The number of hydrogen-bond acceptors (Lipinski definition) is 8. The maximum Gasteiger partial charge on any atom is 0.244 e. The van der Waals surface area contributed by atoms with E-state index in [0.29, 0.717) is 40.2 Å². The molecule has 0 spiro atoms. The van der Waals surface area contributed by atoms with Crippen LogP contribution in [-0.4, -0.2) is 41.4 Å². The van der Waals surface area contributed by atoms with Crippen LogP contribution in [0.3, 0.4) is 0 Å². The van der Waals surface area contributed by atoms with Gasteiger partial charge in [0, 0.05) is 12.3 Å². The summed E-state index contributed by atoms with van der Waals surface area (Å²) in [5.74, 6) is 0.252. The third kappa shape index (κ3) is 5.42. The molecule has 0 aliphatic carbocycles. The Morgan fingerprint density at radius 2 is 1.94 bits per heavy atom. The molecule has 4 rings (SSSR count). The maximum atomic E-state index is 13.1. The number of thioether (sulfide) groups is 1. The van der Waals surface area contributed by atoms with Gasteiger partial charge in [-0.15, -0.1) is 10.2 Å². The molecule has 0 saturated carbocycles. The molecule has 1 aliphatic rings. The Morgan fingerprint density at radius 3 is 2.64 bits per heavy atom. The Kier molecular flexibility index (Phi) is 7.09. The third-order valence-corrected chi connectivity index (χ3v) is 9.18. The Bertz CT molecular complexity index is 1280. The standard InChI is InChI=1S/C22H21N5O3S3/c1-15-4-10-18(11-5-15)33(29,30)27-12-2-3-19(27)20(28)24-21-25-26-22(32-21)31-14-17-8-6-16(13-23)7-9-17/h4-11,19H,2-3,12,14H2,1H3,(H,24,25,28). The fraction of sp³-hybridized carbons (Fsp3) is 0.273. The van der Waals surface area contributed by atoms with E-state index >= 15 is 0 Å². The molecule has 1 unspecified atom stereocenters. The molecular formula is C22H21N5O3S3. The predicted molar refractivity (Wildman–Crippen MR) is 127 cm³/mol. The number of aromatic nitrogens is 2. The zero-order valence-corrected chi connectivity index (χ0v) is 20.2. The highest BCUT2D eigenvalue weighted by Crippen LogP contribution is 2.30. The smallest absolute Gasteiger partial charge is 0.244 e. The molecule has 3 aromatic rings. The fourth-order valence-electron chi connectivity index (χ4n) is 3.46. The Labute approximate surface area is 200 Å². The first-order chi connectivity index (χ1) is 15.9. The number of benzene rings is 2. The number of nitrogens with one attached hydrogen (secondary N) is 1. The second-order valence-corrected chi connectivity index (χ2v) is 11.6. The van der Waals surface area contributed by atoms with Gasteiger partial charge < -0.3 is 0 Å². The van der Waals surface area contributed by atoms with Crippen LogP contribution < -0.4 is 5.32 Å². The van der Waals surface area contributed by atoms with E-state index in [1.165, 1.54) is 27.4 Å². The van der Waals surface area contributed by atoms with Crippen molar-refractivity contribution in [3.05, 3.63) is 65.2 Å². The number of carbonyl (C=O) groups is 1. The number of sulfonamides is 1. The van der Waals surface area contributed by atoms with E-state index in [2.05, 4.69) is 21.6 Å². The molecule has 11 heteroatoms. The van der Waals surface area contributed by atoms with Crippen molar-refractivity contribution in [1.82, 2.24) is 14.5 Å². The van der Waals surface area contributed by atoms with Crippen molar-refractivity contribution in [1.29, 1.82) is 5.26 Å². The molecule has 2 aromatic carbocycles. The largest absolute Gasteiger partial charge is 0.299 e. The highest BCUT2D eigenvalue weighted by atomic mass is 32.2. The Balaban J connectivity index is 1.39. The first kappa shape index (κ1) is 23.4. The van der Waals surface area contributed by atoms with Crippen molar-refractivity contribution >= 4 is 44.2 Å². The number of anilines is 1. The van der Waals surface area contributed by atoms with Crippen LogP contribution in [-0.2, 0) is 20.6 Å². The minimum absolute atomic E-state index is 0.185. The van der Waals surface area contributed by atoms with Gasteiger partial charge in [-0.1, -0.05) is 52.9 Å². The second kappa shape index (κ2) is 10.0. The number of aryl methyl sites for hydroxylation is 1. The van der Waals surface area contributed by atoms with Crippen LogP contribution in [0.25, 0.3) is 0 Å². The lowest BCUT2D eigenvalue weighted by atomic mass is 10.2. The number of nitrogens with zero attached hydrogens (tertiary/aromatic N) is 4. The average molecular weight is 500 g/mol. The van der Waals surface area contributed by atoms with Crippen LogP contribution in [0.4, 0.5) is 5.13 Å². The molecule has 1 saturated heterocycles. The molecular weight excluding hydrogens is 478 g/mol. The van der Waals surface area contributed by atoms with Gasteiger partial charge >= 0.3 is 0 Å². The monoisotopic (exact) mass is 499 g/mol. The third-order valence-electron chi connectivity index (χ3n) is 5.22. The first-order valence-corrected chi connectivity index (χ1v) is 13.5. The molecule has 0 bridgehead atoms. The summed E-state index contributed by atoms with van der Waals surface area (Å²) in [4.78, 5) is 13.1. The van der Waals surface area contributed by atoms with Gasteiger partial charge in [-0.3, -0.25) is 10.1 Å². The second-order valence-electron chi connectivity index (χ2n) is 7.55. The van der Waals surface area contributed by atoms with Crippen molar-refractivity contribution in [2.45, 2.75) is 40.8 Å². The predicted octanol–water partition coefficient (Wildman–Crippen LogP) is 3.80. The quantitative estimate of drug-likeness (QED) is 0.388. The van der Waals surface area contributed by atoms with Crippen molar-refractivity contribution in [3.63, 3.8) is 0 Å². The van der Waals surface area contributed by atoms with E-state index in [-0.39, 0.29) is 4.90 Å². The highest BCUT2D eigenvalue weighted by molar-refractivity contribution is 8.00. The number of amides is 1. The Morgan fingerprint density at radius 1 is 1.21 bits per heavy atom. The van der Waals surface area contributed by atoms with E-state index in [1.54, 1.807) is 36.4 Å². The van der Waals surface area contributed by atoms with Gasteiger partial charge in [0.1, 0.15) is 6.04 Å². The van der Waals surface area contributed by atoms with Crippen molar-refractivity contribution in [2.24, 2.45) is 0 Å². The summed E-state index contributed by atoms with van der Waals surface area (Å²) in [6, 6.07) is 15.2. The van der Waals surface area contributed by atoms with Crippen molar-refractivity contribution < 1.29 is 13.2 Å². The van der Waals surface area contributed by atoms with Crippen LogP contribution >= 0.6 is 23.1 Å². The van der Waals surface area contributed by atoms with Crippen LogP contribution in [0, 0.1) is 18.3 Å². The summed E-state index contributed by atoms with van der Waals surface area (Å²) >= 11 is 2.72. The molecule has 1 N–H and O–H groups in total. The highest BCUT2D eigenvalue weighted by Gasteiger charge is 2.39. The summed E-state index contributed by atoms with van der Waals surface area (Å²) in [6.07, 6.45) is 1.07. The molecule has 1 aromatic heterocycles. The fourth-order valence-corrected chi connectivity index (χ4v) is 6.83. The zero-order chi connectivity index (χ0) is 23.4. The van der Waals surface area contributed by atoms with Gasteiger partial charge in [0.25, 0.3) is 0 Å². The van der Waals surface area contributed by atoms with Gasteiger partial charge in [-0.05, 0) is 49.6 Å². The van der Waals surface area contributed by atoms with Gasteiger partial charge in [0.05, 0.1) is 16.5 Å². The van der Waals surface area contributed by atoms with E-state index in [0.717, 1.165) is 11.1 Å². The maximum absolute atomic E-state index is 13.1. The summed E-state index contributed by atoms with van der Waals surface area (Å²) in [7, 11) is -3.77. The topological polar surface area (TPSA) is 116 Å². The van der Waals surface area contributed by atoms with Gasteiger partial charge in [-0.25, -0.2) is 8.42 Å². The Hall–Kier alpha value is -2.78. The molecule has 2 heterocycles. The molecule has 0 radical (unpaired) electrons. The summed E-state index contributed by atoms with van der Waals surface area (Å²) in [5, 5.41) is 20.1. The van der Waals surface area contributed by atoms with E-state index in [1.807, 2.05) is 19.1 Å². The molecule has 1 atom stereocenters. The minimum Gasteiger partial charge on any atom is -0.299 e. The van der Waals surface area contributed by atoms with E-state index in [4.69, 9.17) is 5.26 Å². The number of hydrogen-bond donors (Lipinski definition) is 1. The lowest BCUT2D eigenvalue weighted by Gasteiger charge is -2.23. The first-order valence-electron chi connectivity index (χ1n) is 10.2. The van der Waals surface area contributed by atoms with Crippen molar-refractivity contribution in [2.75, 3.05) is 11.9 Å². The molecule has 1 amide bonds. The van der Waals surface area contributed by atoms with Crippen LogP contribution in [0.15, 0.2) is 57.8 Å². The molecule has 8 nitrogen and oxygen atoms in total. The number of carbonyl (C=O) groups excluding carboxylic acids is 1. The van der Waals surface area contributed by atoms with Crippen LogP contribution in [0.2, 0.25) is 0 Å². The lowest BCUT2D eigenvalue weighted by Crippen LogP contribution is -2.43. The molecule has 170 valence electrons. The van der Waals surface area contributed by atoms with Gasteiger partial charge in [-0.2, -0.15) is 9.57 Å². The lowest BCUT2D eigenvalue weighted by molar-refractivity contribution is -0.119. The zero-order valence-electron chi connectivity index (χ0n) is 17.8. The number of rotatable bonds is 7. The summed E-state index contributed by atoms with van der Waals surface area (Å²) in [5.41, 5.74) is 2.62. The normalized spacial score (nSPS) is 16.4. The SMILES string of the molecule is Cc1ccc(S(=O)(=O)N2CCCC2C(=O)Nc2nnc(SCc3ccc(C#N)cc3)s2)cc1. The van der Waals surface area contributed by atoms with Gasteiger partial charge in [0.15, 0.2) is 4.34 Å². The van der Waals surface area contributed by atoms with Crippen molar-refractivity contribution in [3.8, 4) is 6.07 Å². The molecule has 1 fully saturated rings. The van der Waals surface area contributed by atoms with Crippen LogP contribution in [0.5, 0.6) is 0 Å². The molecule has 33 heavy (non-hydrogen) atoms. The number of nitriles is 1. The van der Waals surface area contributed by atoms with E-state index < -0.39 is 22.0 Å². The average Bonchev–Trinajstić information content (AvgIpc) is 3.48. The minimum atomic E-state index is -3.77. The van der Waals surface area contributed by atoms with E-state index in [9.17, 15) is 13.2 Å².